The van der Waals surface area contributed by atoms with E-state index in [1.54, 1.807) is 0 Å². The van der Waals surface area contributed by atoms with Gasteiger partial charge in [0.2, 0.25) is 5.91 Å². The van der Waals surface area contributed by atoms with Crippen LogP contribution in [-0.4, -0.2) is 28.4 Å². The van der Waals surface area contributed by atoms with E-state index in [4.69, 9.17) is 0 Å². The largest absolute Gasteiger partial charge is 0.481 e. The maximum absolute atomic E-state index is 13.3. The van der Waals surface area contributed by atoms with Gasteiger partial charge < -0.3 is 10.0 Å². The molecule has 1 N–H and O–H groups in total. The van der Waals surface area contributed by atoms with Crippen LogP contribution < -0.4 is 0 Å². The molecule has 2 unspecified atom stereocenters. The van der Waals surface area contributed by atoms with Gasteiger partial charge >= 0.3 is 5.97 Å². The summed E-state index contributed by atoms with van der Waals surface area (Å²) in [5, 5.41) is 9.22. The van der Waals surface area contributed by atoms with Crippen LogP contribution in [0.1, 0.15) is 31.4 Å². The molecule has 0 saturated carbocycles. The highest BCUT2D eigenvalue weighted by atomic mass is 19.1. The second kappa shape index (κ2) is 5.56. The number of benzene rings is 1. The van der Waals surface area contributed by atoms with Gasteiger partial charge in [0.1, 0.15) is 11.6 Å². The minimum Gasteiger partial charge on any atom is -0.481 e. The standard InChI is InChI=1S/C14H15F2NO3/c1-2-3-17-12(18)7-11(14(19)20)13(17)8-4-9(15)6-10(16)5-8/h4-6,11,13H,2-3,7H2,1H3,(H,19,20). The van der Waals surface area contributed by atoms with Crippen LogP contribution in [0.25, 0.3) is 0 Å². The molecule has 0 aromatic heterocycles. The van der Waals surface area contributed by atoms with E-state index < -0.39 is 29.6 Å². The molecule has 1 aliphatic heterocycles. The van der Waals surface area contributed by atoms with Gasteiger partial charge in [0.15, 0.2) is 0 Å². The lowest BCUT2D eigenvalue weighted by Gasteiger charge is -2.27. The summed E-state index contributed by atoms with van der Waals surface area (Å²) in [6.07, 6.45) is 0.504. The van der Waals surface area contributed by atoms with Crippen LogP contribution in [0.3, 0.4) is 0 Å². The maximum Gasteiger partial charge on any atom is 0.309 e. The quantitative estimate of drug-likeness (QED) is 0.922. The summed E-state index contributed by atoms with van der Waals surface area (Å²) in [7, 11) is 0. The molecule has 1 amide bonds. The topological polar surface area (TPSA) is 57.6 Å². The predicted octanol–water partition coefficient (Wildman–Crippen LogP) is 2.35. The number of rotatable bonds is 4. The van der Waals surface area contributed by atoms with Gasteiger partial charge in [-0.25, -0.2) is 8.78 Å². The van der Waals surface area contributed by atoms with Gasteiger partial charge in [-0.3, -0.25) is 9.59 Å². The maximum atomic E-state index is 13.3. The van der Waals surface area contributed by atoms with Crippen molar-refractivity contribution in [3.05, 3.63) is 35.4 Å². The minimum atomic E-state index is -1.13. The summed E-state index contributed by atoms with van der Waals surface area (Å²) in [6, 6.07) is 2.08. The second-order valence-electron chi connectivity index (χ2n) is 4.88. The normalized spacial score (nSPS) is 22.4. The molecule has 0 aliphatic carbocycles. The lowest BCUT2D eigenvalue weighted by Crippen LogP contribution is -2.31. The Morgan fingerprint density at radius 1 is 1.35 bits per heavy atom. The smallest absolute Gasteiger partial charge is 0.309 e. The Morgan fingerprint density at radius 3 is 2.45 bits per heavy atom. The van der Waals surface area contributed by atoms with Crippen LogP contribution in [0, 0.1) is 17.6 Å². The van der Waals surface area contributed by atoms with E-state index in [-0.39, 0.29) is 17.9 Å². The summed E-state index contributed by atoms with van der Waals surface area (Å²) in [5.41, 5.74) is 0.189. The van der Waals surface area contributed by atoms with Crippen molar-refractivity contribution in [3.63, 3.8) is 0 Å². The van der Waals surface area contributed by atoms with Gasteiger partial charge in [-0.15, -0.1) is 0 Å². The van der Waals surface area contributed by atoms with E-state index in [0.717, 1.165) is 18.2 Å². The van der Waals surface area contributed by atoms with Crippen molar-refractivity contribution in [1.29, 1.82) is 0 Å². The van der Waals surface area contributed by atoms with Crippen molar-refractivity contribution >= 4 is 11.9 Å². The molecule has 1 aromatic rings. The third-order valence-electron chi connectivity index (χ3n) is 3.44. The fraction of sp³-hybridized carbons (Fsp3) is 0.429. The third kappa shape index (κ3) is 2.64. The van der Waals surface area contributed by atoms with Crippen molar-refractivity contribution in [3.8, 4) is 0 Å². The number of aliphatic carboxylic acids is 1. The molecule has 0 bridgehead atoms. The zero-order valence-electron chi connectivity index (χ0n) is 11.0. The number of hydrogen-bond donors (Lipinski definition) is 1. The molecule has 1 heterocycles. The van der Waals surface area contributed by atoms with Crippen molar-refractivity contribution in [2.75, 3.05) is 6.54 Å². The molecule has 6 heteroatoms. The highest BCUT2D eigenvalue weighted by Gasteiger charge is 2.44. The van der Waals surface area contributed by atoms with E-state index >= 15 is 0 Å². The van der Waals surface area contributed by atoms with Crippen molar-refractivity contribution in [1.82, 2.24) is 4.90 Å². The summed E-state index contributed by atoms with van der Waals surface area (Å²) in [5.74, 6) is -3.96. The minimum absolute atomic E-state index is 0.141. The fourth-order valence-corrected chi connectivity index (χ4v) is 2.67. The first-order valence-electron chi connectivity index (χ1n) is 6.42. The Hall–Kier alpha value is -1.98. The molecule has 0 spiro atoms. The van der Waals surface area contributed by atoms with Gasteiger partial charge in [0.25, 0.3) is 0 Å². The first kappa shape index (κ1) is 14.4. The Bertz CT molecular complexity index is 527. The third-order valence-corrected chi connectivity index (χ3v) is 3.44. The SMILES string of the molecule is CCCN1C(=O)CC(C(=O)O)C1c1cc(F)cc(F)c1. The van der Waals surface area contributed by atoms with E-state index in [9.17, 15) is 23.5 Å². The first-order chi connectivity index (χ1) is 9.43. The van der Waals surface area contributed by atoms with Crippen LogP contribution in [-0.2, 0) is 9.59 Å². The summed E-state index contributed by atoms with van der Waals surface area (Å²) < 4.78 is 26.7. The average Bonchev–Trinajstić information content (AvgIpc) is 2.66. The molecule has 4 nitrogen and oxygen atoms in total. The molecule has 2 atom stereocenters. The summed E-state index contributed by atoms with van der Waals surface area (Å²) in [6.45, 7) is 2.22. The summed E-state index contributed by atoms with van der Waals surface area (Å²) in [4.78, 5) is 24.6. The summed E-state index contributed by atoms with van der Waals surface area (Å²) >= 11 is 0. The van der Waals surface area contributed by atoms with E-state index in [1.165, 1.54) is 4.90 Å². The predicted molar refractivity (Wildman–Crippen MR) is 66.8 cm³/mol. The number of carboxylic acid groups (broad SMARTS) is 1. The number of nitrogens with zero attached hydrogens (tertiary/aromatic N) is 1. The van der Waals surface area contributed by atoms with Crippen molar-refractivity contribution in [2.24, 2.45) is 5.92 Å². The molecule has 1 aliphatic rings. The monoisotopic (exact) mass is 283 g/mol. The fourth-order valence-electron chi connectivity index (χ4n) is 2.67. The molecule has 108 valence electrons. The first-order valence-corrected chi connectivity index (χ1v) is 6.42. The number of amides is 1. The number of carboxylic acids is 1. The highest BCUT2D eigenvalue weighted by molar-refractivity contribution is 5.87. The zero-order chi connectivity index (χ0) is 14.9. The Morgan fingerprint density at radius 2 is 1.95 bits per heavy atom. The Labute approximate surface area is 115 Å². The van der Waals surface area contributed by atoms with Gasteiger partial charge in [-0.2, -0.15) is 0 Å². The van der Waals surface area contributed by atoms with E-state index in [1.807, 2.05) is 6.92 Å². The number of carbonyl (C=O) groups is 2. The van der Waals surface area contributed by atoms with Gasteiger partial charge in [0.05, 0.1) is 12.0 Å². The van der Waals surface area contributed by atoms with Crippen LogP contribution >= 0.6 is 0 Å². The zero-order valence-corrected chi connectivity index (χ0v) is 11.0. The van der Waals surface area contributed by atoms with E-state index in [0.29, 0.717) is 13.0 Å². The van der Waals surface area contributed by atoms with Crippen molar-refractivity contribution in [2.45, 2.75) is 25.8 Å². The second-order valence-corrected chi connectivity index (χ2v) is 4.88. The van der Waals surface area contributed by atoms with Gasteiger partial charge in [-0.1, -0.05) is 6.92 Å². The molecule has 1 saturated heterocycles. The molecular formula is C14H15F2NO3. The number of carbonyl (C=O) groups excluding carboxylic acids is 1. The lowest BCUT2D eigenvalue weighted by atomic mass is 9.93. The molecule has 20 heavy (non-hydrogen) atoms. The van der Waals surface area contributed by atoms with Crippen molar-refractivity contribution < 1.29 is 23.5 Å². The van der Waals surface area contributed by atoms with E-state index in [2.05, 4.69) is 0 Å². The highest BCUT2D eigenvalue weighted by Crippen LogP contribution is 2.38. The van der Waals surface area contributed by atoms with Crippen LogP contribution in [0.2, 0.25) is 0 Å². The number of halogens is 2. The molecule has 1 aromatic carbocycles. The molecule has 0 radical (unpaired) electrons. The molecular weight excluding hydrogens is 268 g/mol. The van der Waals surface area contributed by atoms with Crippen LogP contribution in [0.4, 0.5) is 8.78 Å². The molecule has 2 rings (SSSR count). The average molecular weight is 283 g/mol. The Balaban J connectivity index is 2.45. The van der Waals surface area contributed by atoms with Gasteiger partial charge in [0, 0.05) is 19.0 Å². The number of likely N-dealkylation sites (tertiary alicyclic amines) is 1. The van der Waals surface area contributed by atoms with Gasteiger partial charge in [-0.05, 0) is 24.1 Å². The Kier molecular flexibility index (Phi) is 4.01. The number of hydrogen-bond acceptors (Lipinski definition) is 2. The van der Waals surface area contributed by atoms with Crippen LogP contribution in [0.5, 0.6) is 0 Å². The van der Waals surface area contributed by atoms with Crippen LogP contribution in [0.15, 0.2) is 18.2 Å². The molecule has 1 fully saturated rings. The lowest BCUT2D eigenvalue weighted by molar-refractivity contribution is -0.142.